The zero-order chi connectivity index (χ0) is 13.4. The van der Waals surface area contributed by atoms with Crippen LogP contribution in [0.2, 0.25) is 0 Å². The van der Waals surface area contributed by atoms with Crippen molar-refractivity contribution < 1.29 is 4.79 Å². The Morgan fingerprint density at radius 3 is 2.39 bits per heavy atom. The van der Waals surface area contributed by atoms with Crippen molar-refractivity contribution in [3.05, 3.63) is 35.4 Å². The zero-order valence-corrected chi connectivity index (χ0v) is 11.9. The molecule has 1 aromatic rings. The second-order valence-corrected chi connectivity index (χ2v) is 5.02. The topological polar surface area (TPSA) is 20.3 Å². The van der Waals surface area contributed by atoms with Gasteiger partial charge in [-0.3, -0.25) is 4.79 Å². The Balaban J connectivity index is 2.57. The van der Waals surface area contributed by atoms with Gasteiger partial charge in [0.15, 0.2) is 0 Å². The molecule has 1 rings (SSSR count). The summed E-state index contributed by atoms with van der Waals surface area (Å²) in [6, 6.07) is 7.98. The number of hydrogen-bond donors (Lipinski definition) is 0. The highest BCUT2D eigenvalue weighted by atomic mass is 16.2. The van der Waals surface area contributed by atoms with Gasteiger partial charge in [-0.25, -0.2) is 0 Å². The van der Waals surface area contributed by atoms with Crippen molar-refractivity contribution >= 4 is 5.91 Å². The number of aryl methyl sites for hydroxylation is 1. The molecule has 18 heavy (non-hydrogen) atoms. The van der Waals surface area contributed by atoms with Crippen LogP contribution in [0, 0.1) is 0 Å². The van der Waals surface area contributed by atoms with Crippen LogP contribution >= 0.6 is 0 Å². The Labute approximate surface area is 111 Å². The van der Waals surface area contributed by atoms with E-state index in [4.69, 9.17) is 0 Å². The summed E-state index contributed by atoms with van der Waals surface area (Å²) in [5, 5.41) is 0. The number of carbonyl (C=O) groups is 1. The van der Waals surface area contributed by atoms with E-state index >= 15 is 0 Å². The number of rotatable bonds is 7. The van der Waals surface area contributed by atoms with E-state index in [-0.39, 0.29) is 5.91 Å². The lowest BCUT2D eigenvalue weighted by atomic mass is 10.00. The molecule has 0 radical (unpaired) electrons. The second-order valence-electron chi connectivity index (χ2n) is 5.02. The Hall–Kier alpha value is -1.31. The van der Waals surface area contributed by atoms with E-state index < -0.39 is 0 Å². The Kier molecular flexibility index (Phi) is 6.48. The average molecular weight is 247 g/mol. The fourth-order valence-electron chi connectivity index (χ4n) is 2.11. The van der Waals surface area contributed by atoms with Gasteiger partial charge in [0.05, 0.1) is 0 Å². The molecule has 0 aliphatic heterocycles. The molecular weight excluding hydrogens is 222 g/mol. The quantitative estimate of drug-likeness (QED) is 0.669. The van der Waals surface area contributed by atoms with Gasteiger partial charge in [0.1, 0.15) is 0 Å². The lowest BCUT2D eigenvalue weighted by molar-refractivity contribution is 0.0826. The van der Waals surface area contributed by atoms with Crippen molar-refractivity contribution in [2.24, 2.45) is 0 Å². The molecule has 1 aromatic carbocycles. The summed E-state index contributed by atoms with van der Waals surface area (Å²) in [6.45, 7) is 2.23. The fourth-order valence-corrected chi connectivity index (χ4v) is 2.11. The Morgan fingerprint density at radius 1 is 1.06 bits per heavy atom. The normalized spacial score (nSPS) is 10.4. The number of amides is 1. The van der Waals surface area contributed by atoms with Crippen molar-refractivity contribution in [3.63, 3.8) is 0 Å². The third kappa shape index (κ3) is 4.52. The highest BCUT2D eigenvalue weighted by Gasteiger charge is 2.11. The first-order valence-electron chi connectivity index (χ1n) is 6.96. The number of hydrogen-bond acceptors (Lipinski definition) is 1. The van der Waals surface area contributed by atoms with Gasteiger partial charge < -0.3 is 4.90 Å². The van der Waals surface area contributed by atoms with Gasteiger partial charge >= 0.3 is 0 Å². The summed E-state index contributed by atoms with van der Waals surface area (Å²) in [4.78, 5) is 13.7. The summed E-state index contributed by atoms with van der Waals surface area (Å²) in [7, 11) is 3.61. The number of benzene rings is 1. The van der Waals surface area contributed by atoms with Crippen molar-refractivity contribution in [1.82, 2.24) is 4.90 Å². The van der Waals surface area contributed by atoms with Gasteiger partial charge in [0, 0.05) is 19.7 Å². The first-order chi connectivity index (χ1) is 8.66. The van der Waals surface area contributed by atoms with Crippen LogP contribution in [0.4, 0.5) is 0 Å². The minimum Gasteiger partial charge on any atom is -0.345 e. The Bertz CT molecular complexity index is 371. The molecule has 0 spiro atoms. The first kappa shape index (κ1) is 14.7. The van der Waals surface area contributed by atoms with E-state index in [9.17, 15) is 4.79 Å². The van der Waals surface area contributed by atoms with Gasteiger partial charge in [-0.15, -0.1) is 0 Å². The minimum absolute atomic E-state index is 0.110. The largest absolute Gasteiger partial charge is 0.345 e. The molecule has 1 amide bonds. The van der Waals surface area contributed by atoms with Crippen LogP contribution in [0.25, 0.3) is 0 Å². The standard InChI is InChI=1S/C16H25NO/c1-4-5-6-7-8-11-14-12-9-10-13-15(14)16(18)17(2)3/h9-10,12-13H,4-8,11H2,1-3H3. The van der Waals surface area contributed by atoms with Gasteiger partial charge in [-0.05, 0) is 24.5 Å². The maximum Gasteiger partial charge on any atom is 0.253 e. The fraction of sp³-hybridized carbons (Fsp3) is 0.562. The van der Waals surface area contributed by atoms with Crippen LogP contribution < -0.4 is 0 Å². The molecule has 0 unspecified atom stereocenters. The third-order valence-electron chi connectivity index (χ3n) is 3.20. The van der Waals surface area contributed by atoms with E-state index in [0.29, 0.717) is 0 Å². The molecule has 2 nitrogen and oxygen atoms in total. The van der Waals surface area contributed by atoms with Gasteiger partial charge in [0.2, 0.25) is 0 Å². The molecule has 0 fully saturated rings. The van der Waals surface area contributed by atoms with Gasteiger partial charge in [0.25, 0.3) is 5.91 Å². The molecule has 0 saturated carbocycles. The minimum atomic E-state index is 0.110. The molecule has 0 aliphatic carbocycles. The molecule has 0 atom stereocenters. The van der Waals surface area contributed by atoms with Crippen molar-refractivity contribution in [1.29, 1.82) is 0 Å². The summed E-state index contributed by atoms with van der Waals surface area (Å²) >= 11 is 0. The first-order valence-corrected chi connectivity index (χ1v) is 6.96. The van der Waals surface area contributed by atoms with Gasteiger partial charge in [-0.1, -0.05) is 50.8 Å². The monoisotopic (exact) mass is 247 g/mol. The predicted molar refractivity (Wildman–Crippen MR) is 76.9 cm³/mol. The summed E-state index contributed by atoms with van der Waals surface area (Å²) in [5.74, 6) is 0.110. The van der Waals surface area contributed by atoms with E-state index in [1.807, 2.05) is 18.2 Å². The molecule has 0 aromatic heterocycles. The van der Waals surface area contributed by atoms with Crippen LogP contribution in [0.1, 0.15) is 54.9 Å². The Morgan fingerprint density at radius 2 is 1.72 bits per heavy atom. The highest BCUT2D eigenvalue weighted by Crippen LogP contribution is 2.15. The van der Waals surface area contributed by atoms with Crippen LogP contribution in [0.15, 0.2) is 24.3 Å². The summed E-state index contributed by atoms with van der Waals surface area (Å²) < 4.78 is 0. The summed E-state index contributed by atoms with van der Waals surface area (Å²) in [6.07, 6.45) is 7.35. The average Bonchev–Trinajstić information content (AvgIpc) is 2.38. The molecule has 0 N–H and O–H groups in total. The predicted octanol–water partition coefficient (Wildman–Crippen LogP) is 3.90. The van der Waals surface area contributed by atoms with Crippen molar-refractivity contribution in [3.8, 4) is 0 Å². The van der Waals surface area contributed by atoms with Crippen LogP contribution in [-0.4, -0.2) is 24.9 Å². The van der Waals surface area contributed by atoms with E-state index in [1.165, 1.54) is 37.7 Å². The van der Waals surface area contributed by atoms with Crippen LogP contribution in [0.5, 0.6) is 0 Å². The summed E-state index contributed by atoms with van der Waals surface area (Å²) in [5.41, 5.74) is 2.05. The van der Waals surface area contributed by atoms with E-state index in [2.05, 4.69) is 13.0 Å². The van der Waals surface area contributed by atoms with E-state index in [1.54, 1.807) is 19.0 Å². The zero-order valence-electron chi connectivity index (χ0n) is 11.9. The molecular formula is C16H25NO. The van der Waals surface area contributed by atoms with Crippen LogP contribution in [0.3, 0.4) is 0 Å². The van der Waals surface area contributed by atoms with Gasteiger partial charge in [-0.2, -0.15) is 0 Å². The third-order valence-corrected chi connectivity index (χ3v) is 3.20. The lowest BCUT2D eigenvalue weighted by Gasteiger charge is -2.14. The van der Waals surface area contributed by atoms with Crippen molar-refractivity contribution in [2.45, 2.75) is 45.4 Å². The number of unbranched alkanes of at least 4 members (excludes halogenated alkanes) is 4. The lowest BCUT2D eigenvalue weighted by Crippen LogP contribution is -2.22. The molecule has 2 heteroatoms. The smallest absolute Gasteiger partial charge is 0.253 e. The molecule has 0 heterocycles. The molecule has 0 aliphatic rings. The second kappa shape index (κ2) is 7.91. The number of carbonyl (C=O) groups excluding carboxylic acids is 1. The number of nitrogens with zero attached hydrogens (tertiary/aromatic N) is 1. The van der Waals surface area contributed by atoms with Crippen molar-refractivity contribution in [2.75, 3.05) is 14.1 Å². The maximum atomic E-state index is 12.0. The molecule has 100 valence electrons. The van der Waals surface area contributed by atoms with Crippen LogP contribution in [-0.2, 0) is 6.42 Å². The highest BCUT2D eigenvalue weighted by molar-refractivity contribution is 5.95. The molecule has 0 saturated heterocycles. The maximum absolute atomic E-state index is 12.0. The SMILES string of the molecule is CCCCCCCc1ccccc1C(=O)N(C)C. The molecule has 0 bridgehead atoms. The van der Waals surface area contributed by atoms with E-state index in [0.717, 1.165) is 12.0 Å².